The van der Waals surface area contributed by atoms with Gasteiger partial charge in [0.05, 0.1) is 13.3 Å². The number of amides is 1. The zero-order valence-electron chi connectivity index (χ0n) is 21.8. The quantitative estimate of drug-likeness (QED) is 0.276. The number of benzene rings is 2. The van der Waals surface area contributed by atoms with Crippen LogP contribution in [0.4, 0.5) is 15.8 Å². The Kier molecular flexibility index (Phi) is 6.88. The Bertz CT molecular complexity index is 1790. The van der Waals surface area contributed by atoms with Crippen LogP contribution in [0.5, 0.6) is 11.5 Å². The second-order valence-corrected chi connectivity index (χ2v) is 9.07. The van der Waals surface area contributed by atoms with E-state index in [1.807, 2.05) is 36.4 Å². The van der Waals surface area contributed by atoms with Crippen molar-refractivity contribution in [2.75, 3.05) is 17.3 Å². The van der Waals surface area contributed by atoms with Crippen LogP contribution in [-0.4, -0.2) is 38.9 Å². The molecule has 9 nitrogen and oxygen atoms in total. The van der Waals surface area contributed by atoms with Gasteiger partial charge in [-0.2, -0.15) is 5.10 Å². The molecule has 4 heterocycles. The molecule has 1 amide bonds. The smallest absolute Gasteiger partial charge is 0.259 e. The second kappa shape index (κ2) is 10.9. The van der Waals surface area contributed by atoms with E-state index in [0.29, 0.717) is 17.0 Å². The van der Waals surface area contributed by atoms with Gasteiger partial charge in [0.1, 0.15) is 16.8 Å². The first kappa shape index (κ1) is 25.8. The molecule has 0 spiro atoms. The third-order valence-electron chi connectivity index (χ3n) is 6.61. The largest absolute Gasteiger partial charge is 0.496 e. The summed E-state index contributed by atoms with van der Waals surface area (Å²) in [5.41, 5.74) is 3.27. The minimum Gasteiger partial charge on any atom is -0.496 e. The minimum absolute atomic E-state index is 0.0179. The number of halogens is 1. The number of methoxy groups -OCH3 is 1. The number of hydrogen-bond acceptors (Lipinski definition) is 7. The molecular formula is C31H24FN5O4. The van der Waals surface area contributed by atoms with Crippen molar-refractivity contribution >= 4 is 22.8 Å². The molecule has 1 aliphatic rings. The van der Waals surface area contributed by atoms with Crippen molar-refractivity contribution in [3.8, 4) is 22.6 Å². The van der Waals surface area contributed by atoms with Crippen LogP contribution < -0.4 is 15.0 Å². The number of carbonyl (C=O) groups excluding carboxylic acids is 1. The van der Waals surface area contributed by atoms with Gasteiger partial charge in [0.15, 0.2) is 23.5 Å². The lowest BCUT2D eigenvalue weighted by Gasteiger charge is -2.31. The van der Waals surface area contributed by atoms with Gasteiger partial charge < -0.3 is 24.8 Å². The van der Waals surface area contributed by atoms with E-state index in [2.05, 4.69) is 15.4 Å². The van der Waals surface area contributed by atoms with Gasteiger partial charge >= 0.3 is 0 Å². The number of aliphatic hydroxyl groups excluding tert-OH is 1. The Morgan fingerprint density at radius 2 is 1.80 bits per heavy atom. The second-order valence-electron chi connectivity index (χ2n) is 9.07. The molecule has 0 aliphatic carbocycles. The number of nitrogens with one attached hydrogen (secondary N) is 1. The fourth-order valence-corrected chi connectivity index (χ4v) is 4.66. The summed E-state index contributed by atoms with van der Waals surface area (Å²) in [5, 5.41) is 18.0. The highest BCUT2D eigenvalue weighted by atomic mass is 19.1. The SMILES string of the molecule is COC1=C(C(=O)Nc2ccc(Oc3ccnn4ccc(-c5ccncc5)c34)c(F)c2)C(O)N(c2ccccc2)C=C1. The lowest BCUT2D eigenvalue weighted by atomic mass is 10.1. The fourth-order valence-electron chi connectivity index (χ4n) is 4.66. The first-order chi connectivity index (χ1) is 20.0. The number of pyridine rings is 1. The molecule has 1 aliphatic heterocycles. The Balaban J connectivity index is 1.24. The van der Waals surface area contributed by atoms with Gasteiger partial charge in [-0.15, -0.1) is 0 Å². The number of anilines is 2. The summed E-state index contributed by atoms with van der Waals surface area (Å²) in [7, 11) is 1.41. The van der Waals surface area contributed by atoms with Crippen molar-refractivity contribution in [1.82, 2.24) is 14.6 Å². The molecule has 2 N–H and O–H groups in total. The van der Waals surface area contributed by atoms with E-state index in [1.54, 1.807) is 59.8 Å². The molecule has 5 aromatic rings. The van der Waals surface area contributed by atoms with E-state index in [4.69, 9.17) is 9.47 Å². The average Bonchev–Trinajstić information content (AvgIpc) is 3.44. The molecule has 0 saturated carbocycles. The number of rotatable bonds is 7. The highest BCUT2D eigenvalue weighted by Gasteiger charge is 2.31. The van der Waals surface area contributed by atoms with E-state index < -0.39 is 18.0 Å². The molecule has 0 fully saturated rings. The zero-order chi connectivity index (χ0) is 28.3. The van der Waals surface area contributed by atoms with Crippen LogP contribution in [0, 0.1) is 5.82 Å². The van der Waals surface area contributed by atoms with Crippen LogP contribution in [0.1, 0.15) is 0 Å². The van der Waals surface area contributed by atoms with Crippen molar-refractivity contribution in [2.45, 2.75) is 6.23 Å². The normalized spacial score (nSPS) is 14.8. The van der Waals surface area contributed by atoms with Gasteiger partial charge in [0, 0.05) is 53.9 Å². The van der Waals surface area contributed by atoms with Crippen molar-refractivity contribution in [1.29, 1.82) is 0 Å². The summed E-state index contributed by atoms with van der Waals surface area (Å²) in [6.45, 7) is 0. The number of ether oxygens (including phenoxy) is 2. The van der Waals surface area contributed by atoms with Crippen molar-refractivity contribution < 1.29 is 23.8 Å². The van der Waals surface area contributed by atoms with Crippen LogP contribution in [0.15, 0.2) is 121 Å². The number of hydrogen-bond donors (Lipinski definition) is 2. The predicted molar refractivity (Wildman–Crippen MR) is 152 cm³/mol. The van der Waals surface area contributed by atoms with Gasteiger partial charge in [-0.05, 0) is 54.1 Å². The third kappa shape index (κ3) is 4.99. The summed E-state index contributed by atoms with van der Waals surface area (Å²) in [5.74, 6) is -0.767. The topological polar surface area (TPSA) is 101 Å². The molecule has 204 valence electrons. The number of carbonyl (C=O) groups is 1. The monoisotopic (exact) mass is 549 g/mol. The van der Waals surface area contributed by atoms with Crippen molar-refractivity contribution in [3.63, 3.8) is 0 Å². The van der Waals surface area contributed by atoms with E-state index in [1.165, 1.54) is 24.1 Å². The Hall–Kier alpha value is -5.48. The predicted octanol–water partition coefficient (Wildman–Crippen LogP) is 5.52. The number of nitrogens with zero attached hydrogens (tertiary/aromatic N) is 4. The van der Waals surface area contributed by atoms with E-state index >= 15 is 4.39 Å². The lowest BCUT2D eigenvalue weighted by molar-refractivity contribution is -0.114. The first-order valence-electron chi connectivity index (χ1n) is 12.7. The number of aliphatic hydroxyl groups is 1. The standard InChI is InChI=1S/C31H24FN5O4/c1-40-26-13-17-36(22-5-3-2-4-6-22)31(39)28(26)30(38)35-21-7-8-25(24(32)19-21)41-27-11-16-34-37-18-12-23(29(27)37)20-9-14-33-15-10-20/h2-19,31,39H,1H3,(H,35,38). The summed E-state index contributed by atoms with van der Waals surface area (Å²) in [6, 6.07) is 20.5. The van der Waals surface area contributed by atoms with E-state index in [9.17, 15) is 9.90 Å². The first-order valence-corrected chi connectivity index (χ1v) is 12.7. The van der Waals surface area contributed by atoms with Crippen LogP contribution in [0.2, 0.25) is 0 Å². The number of para-hydroxylation sites is 1. The third-order valence-corrected chi connectivity index (χ3v) is 6.61. The molecule has 2 aromatic carbocycles. The highest BCUT2D eigenvalue weighted by molar-refractivity contribution is 6.05. The summed E-state index contributed by atoms with van der Waals surface area (Å²) in [6.07, 6.45) is 8.63. The molecule has 0 radical (unpaired) electrons. The molecular weight excluding hydrogens is 525 g/mol. The number of aromatic nitrogens is 3. The summed E-state index contributed by atoms with van der Waals surface area (Å²) in [4.78, 5) is 18.9. The molecule has 10 heteroatoms. The maximum Gasteiger partial charge on any atom is 0.259 e. The average molecular weight is 550 g/mol. The lowest BCUT2D eigenvalue weighted by Crippen LogP contribution is -2.39. The molecule has 1 atom stereocenters. The molecule has 3 aromatic heterocycles. The van der Waals surface area contributed by atoms with Crippen LogP contribution >= 0.6 is 0 Å². The van der Waals surface area contributed by atoms with Gasteiger partial charge in [0.25, 0.3) is 5.91 Å². The van der Waals surface area contributed by atoms with Gasteiger partial charge in [-0.25, -0.2) is 8.91 Å². The molecule has 0 bridgehead atoms. The molecule has 0 saturated heterocycles. The van der Waals surface area contributed by atoms with Crippen LogP contribution in [-0.2, 0) is 9.53 Å². The van der Waals surface area contributed by atoms with Gasteiger partial charge in [-0.1, -0.05) is 18.2 Å². The van der Waals surface area contributed by atoms with E-state index in [0.717, 1.165) is 17.2 Å². The molecule has 6 rings (SSSR count). The Morgan fingerprint density at radius 1 is 1.00 bits per heavy atom. The molecule has 1 unspecified atom stereocenters. The highest BCUT2D eigenvalue weighted by Crippen LogP contribution is 2.35. The fraction of sp³-hybridized carbons (Fsp3) is 0.0645. The van der Waals surface area contributed by atoms with E-state index in [-0.39, 0.29) is 22.8 Å². The van der Waals surface area contributed by atoms with Gasteiger partial charge in [0.2, 0.25) is 0 Å². The Morgan fingerprint density at radius 3 is 2.56 bits per heavy atom. The van der Waals surface area contributed by atoms with Crippen LogP contribution in [0.25, 0.3) is 16.6 Å². The minimum atomic E-state index is -1.32. The summed E-state index contributed by atoms with van der Waals surface area (Å²) < 4.78 is 28.2. The number of fused-ring (bicyclic) bond motifs is 1. The van der Waals surface area contributed by atoms with Gasteiger partial charge in [-0.3, -0.25) is 9.78 Å². The molecule has 41 heavy (non-hydrogen) atoms. The summed E-state index contributed by atoms with van der Waals surface area (Å²) >= 11 is 0. The zero-order valence-corrected chi connectivity index (χ0v) is 21.8. The maximum absolute atomic E-state index is 15.3. The maximum atomic E-state index is 15.3. The van der Waals surface area contributed by atoms with Crippen molar-refractivity contribution in [2.24, 2.45) is 0 Å². The Labute approximate surface area is 234 Å². The van der Waals surface area contributed by atoms with Crippen molar-refractivity contribution in [3.05, 3.63) is 127 Å². The van der Waals surface area contributed by atoms with Crippen LogP contribution in [0.3, 0.4) is 0 Å². The number of allylic oxidation sites excluding steroid dienone is 1.